The Morgan fingerprint density at radius 1 is 1.31 bits per heavy atom. The summed E-state index contributed by atoms with van der Waals surface area (Å²) in [5, 5.41) is 0. The summed E-state index contributed by atoms with van der Waals surface area (Å²) >= 11 is 0. The molecule has 0 aliphatic carbocycles. The molecule has 1 aliphatic rings. The van der Waals surface area contributed by atoms with Crippen molar-refractivity contribution < 1.29 is 9.53 Å². The summed E-state index contributed by atoms with van der Waals surface area (Å²) < 4.78 is 4.89. The summed E-state index contributed by atoms with van der Waals surface area (Å²) in [6.45, 7) is 1.82. The topological polar surface area (TPSA) is 38.7 Å². The number of amides is 1. The van der Waals surface area contributed by atoms with Crippen LogP contribution in [0.4, 0.5) is 4.79 Å². The van der Waals surface area contributed by atoms with Gasteiger partial charge < -0.3 is 4.74 Å². The Balaban J connectivity index is 2.37. The minimum absolute atomic E-state index is 0.227. The van der Waals surface area contributed by atoms with Gasteiger partial charge in [0.25, 0.3) is 0 Å². The standard InChI is InChI=1S/C10H9NO2/c1-7-9(11-10(12)13-7)8-5-3-2-4-6-8/h2-7H,1H3/t7-/m1/s1. The average molecular weight is 175 g/mol. The van der Waals surface area contributed by atoms with E-state index in [1.54, 1.807) is 0 Å². The zero-order valence-corrected chi connectivity index (χ0v) is 7.23. The van der Waals surface area contributed by atoms with Crippen LogP contribution in [0, 0.1) is 0 Å². The Bertz CT molecular complexity index is 356. The number of benzene rings is 1. The molecule has 0 N–H and O–H groups in total. The van der Waals surface area contributed by atoms with Crippen molar-refractivity contribution in [2.75, 3.05) is 0 Å². The number of carbonyl (C=O) groups is 1. The van der Waals surface area contributed by atoms with Crippen LogP contribution in [0.3, 0.4) is 0 Å². The van der Waals surface area contributed by atoms with Gasteiger partial charge in [0.15, 0.2) is 0 Å². The molecule has 1 heterocycles. The van der Waals surface area contributed by atoms with Crippen LogP contribution >= 0.6 is 0 Å². The molecule has 0 fully saturated rings. The maximum atomic E-state index is 10.8. The van der Waals surface area contributed by atoms with E-state index in [0.29, 0.717) is 5.71 Å². The fourth-order valence-corrected chi connectivity index (χ4v) is 1.33. The first-order valence-electron chi connectivity index (χ1n) is 4.12. The van der Waals surface area contributed by atoms with Crippen molar-refractivity contribution >= 4 is 11.8 Å². The van der Waals surface area contributed by atoms with Crippen molar-refractivity contribution in [1.29, 1.82) is 0 Å². The zero-order chi connectivity index (χ0) is 9.26. The van der Waals surface area contributed by atoms with Gasteiger partial charge in [-0.3, -0.25) is 0 Å². The molecule has 0 spiro atoms. The van der Waals surface area contributed by atoms with E-state index in [2.05, 4.69) is 4.99 Å². The Morgan fingerprint density at radius 3 is 2.54 bits per heavy atom. The first kappa shape index (κ1) is 7.98. The third-order valence-corrected chi connectivity index (χ3v) is 1.94. The van der Waals surface area contributed by atoms with E-state index in [1.807, 2.05) is 37.3 Å². The van der Waals surface area contributed by atoms with Crippen LogP contribution in [0.5, 0.6) is 0 Å². The number of ether oxygens (including phenoxy) is 1. The molecule has 0 saturated heterocycles. The summed E-state index contributed by atoms with van der Waals surface area (Å²) in [4.78, 5) is 14.6. The van der Waals surface area contributed by atoms with Crippen molar-refractivity contribution in [2.45, 2.75) is 13.0 Å². The van der Waals surface area contributed by atoms with E-state index in [1.165, 1.54) is 0 Å². The minimum Gasteiger partial charge on any atom is -0.438 e. The molecule has 13 heavy (non-hydrogen) atoms. The van der Waals surface area contributed by atoms with Crippen molar-refractivity contribution in [3.05, 3.63) is 35.9 Å². The molecule has 0 aromatic heterocycles. The predicted molar refractivity (Wildman–Crippen MR) is 48.9 cm³/mol. The quantitative estimate of drug-likeness (QED) is 0.654. The normalized spacial score (nSPS) is 21.2. The predicted octanol–water partition coefficient (Wildman–Crippen LogP) is 2.01. The highest BCUT2D eigenvalue weighted by Crippen LogP contribution is 2.14. The van der Waals surface area contributed by atoms with Crippen LogP contribution < -0.4 is 0 Å². The molecule has 1 aromatic carbocycles. The summed E-state index contributed by atoms with van der Waals surface area (Å²) in [5.41, 5.74) is 1.66. The van der Waals surface area contributed by atoms with Gasteiger partial charge in [0.05, 0.1) is 5.71 Å². The fourth-order valence-electron chi connectivity index (χ4n) is 1.33. The van der Waals surface area contributed by atoms with Crippen LogP contribution in [0.2, 0.25) is 0 Å². The second kappa shape index (κ2) is 3.01. The van der Waals surface area contributed by atoms with Crippen LogP contribution in [0.15, 0.2) is 35.3 Å². The first-order chi connectivity index (χ1) is 6.27. The lowest BCUT2D eigenvalue weighted by Gasteiger charge is -2.04. The molecule has 1 aliphatic heterocycles. The molecule has 0 radical (unpaired) electrons. The van der Waals surface area contributed by atoms with Crippen molar-refractivity contribution in [2.24, 2.45) is 4.99 Å². The van der Waals surface area contributed by atoms with Gasteiger partial charge in [0.2, 0.25) is 0 Å². The van der Waals surface area contributed by atoms with Gasteiger partial charge in [-0.05, 0) is 6.92 Å². The highest BCUT2D eigenvalue weighted by molar-refractivity contribution is 6.11. The van der Waals surface area contributed by atoms with Gasteiger partial charge >= 0.3 is 6.09 Å². The monoisotopic (exact) mass is 175 g/mol. The molecule has 0 unspecified atom stereocenters. The molecule has 66 valence electrons. The number of aliphatic imine (C=N–C) groups is 1. The molecule has 2 rings (SSSR count). The lowest BCUT2D eigenvalue weighted by molar-refractivity contribution is 0.155. The lowest BCUT2D eigenvalue weighted by Crippen LogP contribution is -2.15. The van der Waals surface area contributed by atoms with E-state index in [9.17, 15) is 4.79 Å². The average Bonchev–Trinajstić information content (AvgIpc) is 2.47. The Labute approximate surface area is 76.1 Å². The first-order valence-corrected chi connectivity index (χ1v) is 4.12. The van der Waals surface area contributed by atoms with E-state index in [-0.39, 0.29) is 6.10 Å². The van der Waals surface area contributed by atoms with E-state index in [4.69, 9.17) is 4.74 Å². The third-order valence-electron chi connectivity index (χ3n) is 1.94. The highest BCUT2D eigenvalue weighted by Gasteiger charge is 2.24. The van der Waals surface area contributed by atoms with Gasteiger partial charge in [0.1, 0.15) is 6.10 Å². The van der Waals surface area contributed by atoms with Crippen molar-refractivity contribution in [3.8, 4) is 0 Å². The largest absolute Gasteiger partial charge is 0.438 e. The number of cyclic esters (lactones) is 1. The molecule has 3 heteroatoms. The summed E-state index contributed by atoms with van der Waals surface area (Å²) in [6.07, 6.45) is -0.721. The van der Waals surface area contributed by atoms with E-state index in [0.717, 1.165) is 5.56 Å². The number of nitrogens with zero attached hydrogens (tertiary/aromatic N) is 1. The third kappa shape index (κ3) is 1.45. The lowest BCUT2D eigenvalue weighted by atomic mass is 10.1. The van der Waals surface area contributed by atoms with Gasteiger partial charge in [-0.15, -0.1) is 0 Å². The van der Waals surface area contributed by atoms with Crippen LogP contribution in [-0.4, -0.2) is 17.9 Å². The Kier molecular flexibility index (Phi) is 1.85. The summed E-state index contributed by atoms with van der Waals surface area (Å²) in [6, 6.07) is 9.57. The molecule has 1 amide bonds. The molecular formula is C10H9NO2. The van der Waals surface area contributed by atoms with E-state index >= 15 is 0 Å². The van der Waals surface area contributed by atoms with E-state index < -0.39 is 6.09 Å². The van der Waals surface area contributed by atoms with Gasteiger partial charge in [-0.25, -0.2) is 4.79 Å². The van der Waals surface area contributed by atoms with Gasteiger partial charge in [-0.2, -0.15) is 4.99 Å². The number of rotatable bonds is 1. The van der Waals surface area contributed by atoms with Crippen LogP contribution in [0.25, 0.3) is 0 Å². The smallest absolute Gasteiger partial charge is 0.434 e. The fraction of sp³-hybridized carbons (Fsp3) is 0.200. The number of hydrogen-bond acceptors (Lipinski definition) is 2. The van der Waals surface area contributed by atoms with Crippen molar-refractivity contribution in [1.82, 2.24) is 0 Å². The van der Waals surface area contributed by atoms with Gasteiger partial charge in [-0.1, -0.05) is 30.3 Å². The maximum Gasteiger partial charge on any atom is 0.434 e. The van der Waals surface area contributed by atoms with Gasteiger partial charge in [0, 0.05) is 5.56 Å². The molecule has 0 saturated carbocycles. The van der Waals surface area contributed by atoms with Crippen molar-refractivity contribution in [3.63, 3.8) is 0 Å². The number of hydrogen-bond donors (Lipinski definition) is 0. The molecule has 3 nitrogen and oxygen atoms in total. The zero-order valence-electron chi connectivity index (χ0n) is 7.23. The van der Waals surface area contributed by atoms with Crippen LogP contribution in [0.1, 0.15) is 12.5 Å². The minimum atomic E-state index is -0.494. The number of carbonyl (C=O) groups excluding carboxylic acids is 1. The molecule has 1 aromatic rings. The second-order valence-electron chi connectivity index (χ2n) is 2.89. The SMILES string of the molecule is C[C@H]1OC(=O)N=C1c1ccccc1. The molecule has 0 bridgehead atoms. The summed E-state index contributed by atoms with van der Waals surface area (Å²) in [7, 11) is 0. The molecular weight excluding hydrogens is 166 g/mol. The Hall–Kier alpha value is -1.64. The Morgan fingerprint density at radius 2 is 2.00 bits per heavy atom. The summed E-state index contributed by atoms with van der Waals surface area (Å²) in [5.74, 6) is 0. The second-order valence-corrected chi connectivity index (χ2v) is 2.89. The highest BCUT2D eigenvalue weighted by atomic mass is 16.6. The maximum absolute atomic E-state index is 10.8. The van der Waals surface area contributed by atoms with Crippen LogP contribution in [-0.2, 0) is 4.74 Å². The molecule has 1 atom stereocenters.